The number of nitrogens with zero attached hydrogens (tertiary/aromatic N) is 1. The van der Waals surface area contributed by atoms with Crippen LogP contribution in [-0.2, 0) is 0 Å². The van der Waals surface area contributed by atoms with E-state index >= 15 is 0 Å². The van der Waals surface area contributed by atoms with Gasteiger partial charge in [0.15, 0.2) is 0 Å². The Hall–Kier alpha value is -0.840. The molecule has 1 unspecified atom stereocenters. The molecule has 1 aromatic rings. The highest BCUT2D eigenvalue weighted by atomic mass is 35.5. The molecule has 3 nitrogen and oxygen atoms in total. The Balaban J connectivity index is 0.00000162. The molecule has 0 saturated carbocycles. The maximum Gasteiger partial charge on any atom is 0.257 e. The van der Waals surface area contributed by atoms with E-state index in [1.165, 1.54) is 18.2 Å². The largest absolute Gasteiger partial charge is 0.334 e. The van der Waals surface area contributed by atoms with Gasteiger partial charge in [-0.1, -0.05) is 11.6 Å². The highest BCUT2D eigenvalue weighted by molar-refractivity contribution is 6.31. The van der Waals surface area contributed by atoms with Crippen LogP contribution in [0, 0.1) is 5.82 Å². The molecule has 1 amide bonds. The van der Waals surface area contributed by atoms with E-state index in [0.717, 1.165) is 12.8 Å². The molecular weight excluding hydrogens is 278 g/mol. The molecule has 2 rings (SSSR count). The minimum absolute atomic E-state index is 0. The van der Waals surface area contributed by atoms with Gasteiger partial charge in [0.2, 0.25) is 0 Å². The lowest BCUT2D eigenvalue weighted by Crippen LogP contribution is -2.40. The lowest BCUT2D eigenvalue weighted by molar-refractivity contribution is 0.0736. The van der Waals surface area contributed by atoms with Gasteiger partial charge in [-0.3, -0.25) is 4.79 Å². The van der Waals surface area contributed by atoms with E-state index in [9.17, 15) is 9.18 Å². The zero-order valence-electron chi connectivity index (χ0n) is 9.73. The molecule has 0 aliphatic carbocycles. The van der Waals surface area contributed by atoms with E-state index in [2.05, 4.69) is 0 Å². The Bertz CT molecular complexity index is 442. The lowest BCUT2D eigenvalue weighted by Gasteiger charge is -2.23. The van der Waals surface area contributed by atoms with Crippen LogP contribution in [0.25, 0.3) is 0 Å². The number of amides is 1. The Labute approximate surface area is 116 Å². The van der Waals surface area contributed by atoms with Gasteiger partial charge >= 0.3 is 0 Å². The summed E-state index contributed by atoms with van der Waals surface area (Å²) in [5.74, 6) is -0.861. The molecule has 18 heavy (non-hydrogen) atoms. The molecule has 1 aromatic carbocycles. The highest BCUT2D eigenvalue weighted by Gasteiger charge is 2.29. The number of benzene rings is 1. The van der Waals surface area contributed by atoms with E-state index in [0.29, 0.717) is 18.1 Å². The minimum atomic E-state index is -0.540. The second kappa shape index (κ2) is 6.36. The van der Waals surface area contributed by atoms with Crippen molar-refractivity contribution in [3.05, 3.63) is 34.6 Å². The van der Waals surface area contributed by atoms with Crippen molar-refractivity contribution in [2.45, 2.75) is 18.9 Å². The second-order valence-electron chi connectivity index (χ2n) is 4.15. The van der Waals surface area contributed by atoms with Crippen LogP contribution >= 0.6 is 24.0 Å². The van der Waals surface area contributed by atoms with Crippen molar-refractivity contribution in [3.63, 3.8) is 0 Å². The van der Waals surface area contributed by atoms with Crippen LogP contribution in [0.1, 0.15) is 23.2 Å². The number of nitrogens with two attached hydrogens (primary N) is 1. The van der Waals surface area contributed by atoms with Gasteiger partial charge in [0.05, 0.1) is 5.56 Å². The Morgan fingerprint density at radius 2 is 2.28 bits per heavy atom. The predicted octanol–water partition coefficient (Wildman–Crippen LogP) is 2.46. The van der Waals surface area contributed by atoms with Gasteiger partial charge in [0.25, 0.3) is 5.91 Å². The van der Waals surface area contributed by atoms with E-state index in [-0.39, 0.29) is 29.9 Å². The fraction of sp³-hybridized carbons (Fsp3) is 0.417. The summed E-state index contributed by atoms with van der Waals surface area (Å²) in [4.78, 5) is 13.8. The van der Waals surface area contributed by atoms with Crippen LogP contribution in [0.5, 0.6) is 0 Å². The van der Waals surface area contributed by atoms with Gasteiger partial charge in [0.1, 0.15) is 5.82 Å². The van der Waals surface area contributed by atoms with Gasteiger partial charge in [0, 0.05) is 24.2 Å². The summed E-state index contributed by atoms with van der Waals surface area (Å²) in [5, 5.41) is 0.359. The third kappa shape index (κ3) is 2.94. The molecule has 6 heteroatoms. The smallest absolute Gasteiger partial charge is 0.257 e. The summed E-state index contributed by atoms with van der Waals surface area (Å²) in [6.45, 7) is 1.04. The average molecular weight is 293 g/mol. The van der Waals surface area contributed by atoms with Crippen LogP contribution in [0.4, 0.5) is 4.39 Å². The normalized spacial score (nSPS) is 18.6. The summed E-state index contributed by atoms with van der Waals surface area (Å²) in [6, 6.07) is 4.02. The van der Waals surface area contributed by atoms with Crippen LogP contribution in [0.3, 0.4) is 0 Å². The standard InChI is InChI=1S/C12H14ClFN2O.ClH/c13-8-3-4-11(14)10(6-8)12(17)16-5-1-2-9(16)7-15;/h3-4,6,9H,1-2,5,7,15H2;1H. The molecule has 1 atom stereocenters. The number of hydrogen-bond donors (Lipinski definition) is 1. The van der Waals surface area contributed by atoms with Crippen molar-refractivity contribution in [1.29, 1.82) is 0 Å². The molecule has 100 valence electrons. The maximum atomic E-state index is 13.6. The first-order valence-electron chi connectivity index (χ1n) is 5.59. The third-order valence-corrected chi connectivity index (χ3v) is 3.30. The molecule has 0 aromatic heterocycles. The first-order valence-corrected chi connectivity index (χ1v) is 5.97. The monoisotopic (exact) mass is 292 g/mol. The number of halogens is 3. The number of hydrogen-bond acceptors (Lipinski definition) is 2. The third-order valence-electron chi connectivity index (χ3n) is 3.07. The molecule has 1 heterocycles. The van der Waals surface area contributed by atoms with Gasteiger partial charge in [-0.05, 0) is 31.0 Å². The maximum absolute atomic E-state index is 13.6. The zero-order chi connectivity index (χ0) is 12.4. The Morgan fingerprint density at radius 3 is 2.94 bits per heavy atom. The molecule has 0 radical (unpaired) electrons. The topological polar surface area (TPSA) is 46.3 Å². The lowest BCUT2D eigenvalue weighted by atomic mass is 10.1. The van der Waals surface area contributed by atoms with Crippen LogP contribution in [0.15, 0.2) is 18.2 Å². The van der Waals surface area contributed by atoms with E-state index in [1.54, 1.807) is 4.90 Å². The van der Waals surface area contributed by atoms with Gasteiger partial charge in [-0.25, -0.2) is 4.39 Å². The van der Waals surface area contributed by atoms with E-state index < -0.39 is 5.82 Å². The van der Waals surface area contributed by atoms with Crippen molar-refractivity contribution in [2.24, 2.45) is 5.73 Å². The summed E-state index contributed by atoms with van der Waals surface area (Å²) in [6.07, 6.45) is 1.79. The van der Waals surface area contributed by atoms with E-state index in [1.807, 2.05) is 0 Å². The molecule has 0 bridgehead atoms. The zero-order valence-corrected chi connectivity index (χ0v) is 11.3. The molecule has 1 saturated heterocycles. The van der Waals surface area contributed by atoms with Crippen molar-refractivity contribution in [3.8, 4) is 0 Å². The second-order valence-corrected chi connectivity index (χ2v) is 4.59. The van der Waals surface area contributed by atoms with Crippen LogP contribution in [-0.4, -0.2) is 29.9 Å². The first-order chi connectivity index (χ1) is 8.13. The summed E-state index contributed by atoms with van der Waals surface area (Å²) < 4.78 is 13.6. The van der Waals surface area contributed by atoms with Crippen molar-refractivity contribution in [2.75, 3.05) is 13.1 Å². The summed E-state index contributed by atoms with van der Waals surface area (Å²) >= 11 is 5.78. The molecule has 1 aliphatic heterocycles. The molecule has 2 N–H and O–H groups in total. The van der Waals surface area contributed by atoms with Crippen LogP contribution < -0.4 is 5.73 Å². The average Bonchev–Trinajstić information content (AvgIpc) is 2.79. The molecule has 1 aliphatic rings. The molecular formula is C12H15Cl2FN2O. The van der Waals surface area contributed by atoms with Crippen molar-refractivity contribution in [1.82, 2.24) is 4.90 Å². The molecule has 0 spiro atoms. The van der Waals surface area contributed by atoms with Crippen LogP contribution in [0.2, 0.25) is 5.02 Å². The van der Waals surface area contributed by atoms with Crippen molar-refractivity contribution >= 4 is 29.9 Å². The predicted molar refractivity (Wildman–Crippen MR) is 71.8 cm³/mol. The van der Waals surface area contributed by atoms with Gasteiger partial charge in [-0.15, -0.1) is 12.4 Å². The number of carbonyl (C=O) groups excluding carboxylic acids is 1. The van der Waals surface area contributed by atoms with Gasteiger partial charge in [-0.2, -0.15) is 0 Å². The fourth-order valence-electron chi connectivity index (χ4n) is 2.16. The Morgan fingerprint density at radius 1 is 1.56 bits per heavy atom. The Kier molecular flexibility index (Phi) is 5.38. The SMILES string of the molecule is Cl.NCC1CCCN1C(=O)c1cc(Cl)ccc1F. The first kappa shape index (κ1) is 15.2. The highest BCUT2D eigenvalue weighted by Crippen LogP contribution is 2.22. The van der Waals surface area contributed by atoms with Gasteiger partial charge < -0.3 is 10.6 Å². The number of likely N-dealkylation sites (tertiary alicyclic amines) is 1. The summed E-state index contributed by atoms with van der Waals surface area (Å²) in [7, 11) is 0. The quantitative estimate of drug-likeness (QED) is 0.910. The fourth-order valence-corrected chi connectivity index (χ4v) is 2.34. The van der Waals surface area contributed by atoms with E-state index in [4.69, 9.17) is 17.3 Å². The number of rotatable bonds is 2. The summed E-state index contributed by atoms with van der Waals surface area (Å²) in [5.41, 5.74) is 5.62. The number of carbonyl (C=O) groups is 1. The molecule has 1 fully saturated rings. The van der Waals surface area contributed by atoms with Crippen molar-refractivity contribution < 1.29 is 9.18 Å². The minimum Gasteiger partial charge on any atom is -0.334 e.